The summed E-state index contributed by atoms with van der Waals surface area (Å²) >= 11 is 0. The van der Waals surface area contributed by atoms with Gasteiger partial charge >= 0.3 is 5.97 Å². The number of aliphatic hydroxyl groups is 3. The predicted octanol–water partition coefficient (Wildman–Crippen LogP) is 19.7. The van der Waals surface area contributed by atoms with Gasteiger partial charge in [-0.2, -0.15) is 0 Å². The van der Waals surface area contributed by atoms with Crippen LogP contribution in [0.5, 0.6) is 0 Å². The predicted molar refractivity (Wildman–Crippen MR) is 372 cm³/mol. The van der Waals surface area contributed by atoms with E-state index in [0.29, 0.717) is 37.3 Å². The first-order valence-corrected chi connectivity index (χ1v) is 32.0. The second-order valence-electron chi connectivity index (χ2n) is 17.6. The number of carbonyl (C=O) groups excluding carboxylic acids is 3. The Kier molecular flexibility index (Phi) is 132. The number of aliphatic carboxylic acids is 1. The highest BCUT2D eigenvalue weighted by atomic mass is 16.5. The molecule has 1 saturated heterocycles. The number of carboxylic acids is 1. The fraction of sp³-hybridized carbons (Fsp3) is 0.726. The number of amides is 1. The summed E-state index contributed by atoms with van der Waals surface area (Å²) in [5.74, 6) is -0.337. The second-order valence-corrected chi connectivity index (χ2v) is 17.6. The summed E-state index contributed by atoms with van der Waals surface area (Å²) in [6.45, 7) is 49.0. The summed E-state index contributed by atoms with van der Waals surface area (Å²) in [6.07, 6.45) is 58.6. The lowest BCUT2D eigenvalue weighted by Gasteiger charge is -2.32. The van der Waals surface area contributed by atoms with Crippen LogP contribution in [0.3, 0.4) is 0 Å². The van der Waals surface area contributed by atoms with E-state index in [1.54, 1.807) is 11.8 Å². The third-order valence-corrected chi connectivity index (χ3v) is 12.0. The van der Waals surface area contributed by atoms with Crippen LogP contribution in [-0.2, 0) is 23.9 Å². The summed E-state index contributed by atoms with van der Waals surface area (Å²) in [4.78, 5) is 47.8. The molecule has 2 fully saturated rings. The zero-order chi connectivity index (χ0) is 68.6. The first-order valence-electron chi connectivity index (χ1n) is 32.0. The fourth-order valence-corrected chi connectivity index (χ4v) is 7.33. The molecular formula is C73H143NO9. The topological polar surface area (TPSA) is 162 Å². The molecule has 0 spiro atoms. The minimum absolute atomic E-state index is 0.222. The van der Waals surface area contributed by atoms with Crippen molar-refractivity contribution in [2.45, 2.75) is 299 Å². The highest BCUT2D eigenvalue weighted by Gasteiger charge is 2.42. The number of ketones is 2. The van der Waals surface area contributed by atoms with E-state index in [2.05, 4.69) is 96.3 Å². The Bertz CT molecular complexity index is 1460. The van der Waals surface area contributed by atoms with Crippen LogP contribution >= 0.6 is 0 Å². The van der Waals surface area contributed by atoms with Gasteiger partial charge in [0.05, 0.1) is 6.10 Å². The summed E-state index contributed by atoms with van der Waals surface area (Å²) in [7, 11) is 3.83. The largest absolute Gasteiger partial charge is 0.481 e. The van der Waals surface area contributed by atoms with Gasteiger partial charge in [0.25, 0.3) is 11.7 Å². The minimum atomic E-state index is -1.59. The molecule has 1 aliphatic carbocycles. The molecule has 2 rings (SSSR count). The molecule has 1 saturated carbocycles. The van der Waals surface area contributed by atoms with E-state index in [-0.39, 0.29) is 12.3 Å². The molecule has 83 heavy (non-hydrogen) atoms. The van der Waals surface area contributed by atoms with Gasteiger partial charge in [0.15, 0.2) is 0 Å². The molecule has 10 heteroatoms. The number of ether oxygens (including phenoxy) is 1. The van der Waals surface area contributed by atoms with E-state index in [4.69, 9.17) is 20.1 Å². The number of carbonyl (C=O) groups is 4. The van der Waals surface area contributed by atoms with E-state index in [1.807, 2.05) is 131 Å². The quantitative estimate of drug-likeness (QED) is 0.0229. The molecule has 4 N–H and O–H groups in total. The average Bonchev–Trinajstić information content (AvgIpc) is 3.56. The lowest BCUT2D eigenvalue weighted by molar-refractivity contribution is -0.157. The molecule has 0 unspecified atom stereocenters. The van der Waals surface area contributed by atoms with Crippen LogP contribution in [-0.4, -0.2) is 94.9 Å². The molecule has 1 heterocycles. The van der Waals surface area contributed by atoms with Gasteiger partial charge in [-0.3, -0.25) is 19.2 Å². The van der Waals surface area contributed by atoms with Crippen molar-refractivity contribution < 1.29 is 44.3 Å². The number of hydrogen-bond donors (Lipinski definition) is 4. The fourth-order valence-electron chi connectivity index (χ4n) is 7.33. The Morgan fingerprint density at radius 1 is 0.663 bits per heavy atom. The molecule has 0 aromatic carbocycles. The zero-order valence-corrected chi connectivity index (χ0v) is 59.5. The molecule has 5 atom stereocenters. The van der Waals surface area contributed by atoms with Gasteiger partial charge in [0.1, 0.15) is 11.4 Å². The smallest absolute Gasteiger partial charge is 0.303 e. The van der Waals surface area contributed by atoms with Crippen molar-refractivity contribution in [3.05, 3.63) is 59.8 Å². The average molecular weight is 1180 g/mol. The number of unbranched alkanes of at least 4 members (excludes halogenated alkanes) is 3. The van der Waals surface area contributed by atoms with Crippen LogP contribution in [0.2, 0.25) is 0 Å². The maximum absolute atomic E-state index is 12.7. The molecular weight excluding hydrogens is 1030 g/mol. The third kappa shape index (κ3) is 81.8. The Labute approximate surface area is 519 Å². The third-order valence-electron chi connectivity index (χ3n) is 12.0. The van der Waals surface area contributed by atoms with Crippen molar-refractivity contribution >= 4 is 23.4 Å². The molecule has 2 aliphatic rings. The summed E-state index contributed by atoms with van der Waals surface area (Å²) in [6, 6.07) is 0. The molecule has 10 nitrogen and oxygen atoms in total. The van der Waals surface area contributed by atoms with E-state index in [1.165, 1.54) is 62.2 Å². The monoisotopic (exact) mass is 1180 g/mol. The van der Waals surface area contributed by atoms with E-state index >= 15 is 0 Å². The van der Waals surface area contributed by atoms with Crippen LogP contribution in [0.1, 0.15) is 287 Å². The number of hydrogen-bond acceptors (Lipinski definition) is 8. The summed E-state index contributed by atoms with van der Waals surface area (Å²) in [5.41, 5.74) is 2.33. The van der Waals surface area contributed by atoms with Crippen LogP contribution in [0.15, 0.2) is 59.8 Å². The van der Waals surface area contributed by atoms with E-state index < -0.39 is 23.3 Å². The van der Waals surface area contributed by atoms with Crippen LogP contribution in [0.25, 0.3) is 0 Å². The molecule has 0 aromatic rings. The zero-order valence-electron chi connectivity index (χ0n) is 59.5. The van der Waals surface area contributed by atoms with Crippen molar-refractivity contribution in [2.24, 2.45) is 17.8 Å². The number of terminal acetylenes is 3. The number of aliphatic hydroxyl groups excluding tert-OH is 2. The van der Waals surface area contributed by atoms with E-state index in [0.717, 1.165) is 104 Å². The number of piperidine rings is 1. The molecule has 0 aromatic heterocycles. The first-order chi connectivity index (χ1) is 40.0. The summed E-state index contributed by atoms with van der Waals surface area (Å²) in [5, 5.41) is 32.5. The highest BCUT2D eigenvalue weighted by molar-refractivity contribution is 6.39. The molecule has 1 amide bonds. The van der Waals surface area contributed by atoms with Crippen LogP contribution < -0.4 is 0 Å². The SMILES string of the molecule is C#C.C#C.C#C.C=C(CC)[C@H](C)CC/C=C/C=C/C=C(\C)CCCCC[C@@H](C)[C@@](C)(O)C(=O)C(=O)N1CCCCC1.CC.CC.CC.CC.CC.CC.CC.CCC(=O)O.CO.CO.CO[C@H]1CCC[C@@H](CCCCC(=O)CC=C(C)C)C1. The van der Waals surface area contributed by atoms with Crippen molar-refractivity contribution in [1.82, 2.24) is 4.90 Å². The van der Waals surface area contributed by atoms with Gasteiger partial charge in [-0.15, -0.1) is 38.5 Å². The maximum Gasteiger partial charge on any atom is 0.303 e. The van der Waals surface area contributed by atoms with E-state index in [9.17, 15) is 24.3 Å². The van der Waals surface area contributed by atoms with Gasteiger partial charge < -0.3 is 30.1 Å². The molecule has 0 radical (unpaired) electrons. The number of likely N-dealkylation sites (tertiary alicyclic amines) is 1. The lowest BCUT2D eigenvalue weighted by Crippen LogP contribution is -2.52. The van der Waals surface area contributed by atoms with Gasteiger partial charge in [-0.25, -0.2) is 0 Å². The number of nitrogens with zero attached hydrogens (tertiary/aromatic N) is 1. The van der Waals surface area contributed by atoms with Crippen LogP contribution in [0, 0.1) is 56.3 Å². The van der Waals surface area contributed by atoms with Crippen molar-refractivity contribution in [3.8, 4) is 38.5 Å². The van der Waals surface area contributed by atoms with Crippen molar-refractivity contribution in [3.63, 3.8) is 0 Å². The van der Waals surface area contributed by atoms with Crippen molar-refractivity contribution in [2.75, 3.05) is 34.4 Å². The molecule has 1 aliphatic heterocycles. The summed E-state index contributed by atoms with van der Waals surface area (Å²) < 4.78 is 5.46. The Hall–Kier alpha value is -4.50. The van der Waals surface area contributed by atoms with Gasteiger partial charge in [-0.1, -0.05) is 223 Å². The number of rotatable bonds is 25. The minimum Gasteiger partial charge on any atom is -0.481 e. The second kappa shape index (κ2) is 99.5. The van der Waals surface area contributed by atoms with Gasteiger partial charge in [0.2, 0.25) is 0 Å². The maximum atomic E-state index is 12.7. The highest BCUT2D eigenvalue weighted by Crippen LogP contribution is 2.30. The Morgan fingerprint density at radius 2 is 1.13 bits per heavy atom. The van der Waals surface area contributed by atoms with Gasteiger partial charge in [-0.05, 0) is 122 Å². The van der Waals surface area contributed by atoms with Gasteiger partial charge in [0, 0.05) is 53.7 Å². The Balaban J connectivity index is -0.0000000780. The standard InChI is InChI=1S/C31H51NO3.C17H30O2.C3H6O2.7C2H6.3C2H2.2CH4O/c1-7-26(3)27(4)21-15-10-8-9-13-19-25(2)20-14-11-16-22-28(5)31(6,35)29(33)30(34)32-23-17-12-18-24-32;1-14(2)11-12-16(18)9-5-4-7-15-8-6-10-17(13-15)19-3;1-2-3(4)5;12*1-2/h8-10,13,19,27-28,35H,3,7,11-12,14-18,20-24H2,1-2,4-6H3;11,15,17H,4-10,12-13H2,1-3H3;2H2,1H3,(H,4,5);7*1-2H3;3*1-2H;2*2H,1H3/b10-8+,13-9+,25-19+;;;;;;;;;;;;;;/t27-,28-,31-;15-,17+;;;;;;;;;;;;;/m11............./s1. The molecule has 0 bridgehead atoms. The number of allylic oxidation sites excluding steroid dienone is 9. The first kappa shape index (κ1) is 110. The molecule has 494 valence electrons. The number of carboxylic acid groups (broad SMARTS) is 1. The number of Topliss-reactive ketones (excluding diaryl/α,β-unsaturated/α-hetero) is 2. The normalized spacial score (nSPS) is 14.3. The van der Waals surface area contributed by atoms with Crippen LogP contribution in [0.4, 0.5) is 0 Å². The lowest BCUT2D eigenvalue weighted by atomic mass is 9.82. The van der Waals surface area contributed by atoms with Crippen molar-refractivity contribution in [1.29, 1.82) is 0 Å². The Morgan fingerprint density at radius 3 is 1.57 bits per heavy atom. The number of methoxy groups -OCH3 is 1.